The number of hydrogen-bond donors (Lipinski definition) is 28. The number of ether oxygens (including phenoxy) is 16. The predicted molar refractivity (Wildman–Crippen MR) is 404 cm³/mol. The van der Waals surface area contributed by atoms with Crippen LogP contribution in [0.5, 0.6) is 0 Å². The average Bonchev–Trinajstić information content (AvgIpc) is 0.794. The van der Waals surface area contributed by atoms with E-state index in [0.717, 1.165) is 51.4 Å². The summed E-state index contributed by atoms with van der Waals surface area (Å²) in [4.78, 5) is 0. The third kappa shape index (κ3) is 25.2. The van der Waals surface area contributed by atoms with Crippen molar-refractivity contribution in [2.24, 2.45) is 10.8 Å². The normalized spacial score (nSPS) is 43.4. The van der Waals surface area contributed by atoms with E-state index >= 15 is 0 Å². The molecule has 8 saturated heterocycles. The van der Waals surface area contributed by atoms with Crippen LogP contribution in [0.4, 0.5) is 0 Å². The first-order valence-electron chi connectivity index (χ1n) is 42.2. The molecule has 8 fully saturated rings. The Morgan fingerprint density at radius 2 is 0.418 bits per heavy atom. The van der Waals surface area contributed by atoms with E-state index in [-0.39, 0.29) is 25.7 Å². The van der Waals surface area contributed by atoms with Gasteiger partial charge in [-0.05, 0) is 36.8 Å². The summed E-state index contributed by atoms with van der Waals surface area (Å²) < 4.78 is 95.8. The predicted octanol–water partition coefficient (Wildman–Crippen LogP) is -11.2. The molecule has 8 aliphatic heterocycles. The van der Waals surface area contributed by atoms with Crippen molar-refractivity contribution in [2.45, 2.75) is 362 Å². The summed E-state index contributed by atoms with van der Waals surface area (Å²) >= 11 is 0. The number of benzene rings is 1. The van der Waals surface area contributed by atoms with Crippen molar-refractivity contribution in [2.75, 3.05) is 79.3 Å². The third-order valence-electron chi connectivity index (χ3n) is 24.4. The van der Waals surface area contributed by atoms with Crippen molar-refractivity contribution < 1.29 is 219 Å². The van der Waals surface area contributed by atoms with Crippen LogP contribution in [-0.2, 0) is 88.6 Å². The second kappa shape index (κ2) is 48.6. The zero-order valence-electron chi connectivity index (χ0n) is 68.3. The van der Waals surface area contributed by atoms with Crippen LogP contribution in [0.25, 0.3) is 0 Å². The van der Waals surface area contributed by atoms with E-state index in [4.69, 9.17) is 75.8 Å². The molecule has 8 heterocycles. The van der Waals surface area contributed by atoms with Crippen molar-refractivity contribution in [3.63, 3.8) is 0 Å². The number of rotatable bonds is 46. The van der Waals surface area contributed by atoms with Crippen molar-refractivity contribution >= 4 is 0 Å². The largest absolute Gasteiger partial charge is 0.394 e. The fourth-order valence-electron chi connectivity index (χ4n) is 16.8. The first-order chi connectivity index (χ1) is 58.3. The average molecular weight is 1780 g/mol. The third-order valence-corrected chi connectivity index (χ3v) is 24.4. The molecule has 28 N–H and O–H groups in total. The van der Waals surface area contributed by atoms with Crippen molar-refractivity contribution in [3.8, 4) is 0 Å². The number of hydrogen-bond acceptors (Lipinski definition) is 44. The van der Waals surface area contributed by atoms with Crippen LogP contribution in [0.3, 0.4) is 0 Å². The topological polar surface area (TPSA) is 714 Å². The molecule has 9 rings (SSSR count). The van der Waals surface area contributed by atoms with E-state index in [9.17, 15) is 143 Å². The van der Waals surface area contributed by atoms with Crippen LogP contribution in [0.2, 0.25) is 0 Å². The summed E-state index contributed by atoms with van der Waals surface area (Å²) in [7, 11) is 0. The molecule has 0 saturated carbocycles. The number of aliphatic hydroxyl groups is 28. The highest BCUT2D eigenvalue weighted by molar-refractivity contribution is 5.25. The van der Waals surface area contributed by atoms with Gasteiger partial charge in [0, 0.05) is 10.8 Å². The lowest BCUT2D eigenvalue weighted by Gasteiger charge is -2.47. The molecule has 16 unspecified atom stereocenters. The van der Waals surface area contributed by atoms with Crippen LogP contribution in [0.1, 0.15) is 115 Å². The fraction of sp³-hybridized carbons (Fsp3) is 0.923. The van der Waals surface area contributed by atoms with E-state index < -0.39 is 336 Å². The molecule has 44 nitrogen and oxygen atoms in total. The maximum Gasteiger partial charge on any atom is 0.187 e. The minimum absolute atomic E-state index is 0.0641. The van der Waals surface area contributed by atoms with E-state index in [1.54, 1.807) is 24.3 Å². The van der Waals surface area contributed by atoms with Gasteiger partial charge in [-0.25, -0.2) is 0 Å². The first-order valence-corrected chi connectivity index (χ1v) is 42.2. The Kier molecular flexibility index (Phi) is 41.1. The van der Waals surface area contributed by atoms with E-state index in [0.29, 0.717) is 36.8 Å². The van der Waals surface area contributed by atoms with Gasteiger partial charge in [-0.3, -0.25) is 0 Å². The first kappa shape index (κ1) is 103. The van der Waals surface area contributed by atoms with Gasteiger partial charge in [-0.2, -0.15) is 0 Å². The summed E-state index contributed by atoms with van der Waals surface area (Å²) in [5, 5.41) is 306. The van der Waals surface area contributed by atoms with Gasteiger partial charge in [0.2, 0.25) is 0 Å². The molecule has 40 atom stereocenters. The molecule has 710 valence electrons. The zero-order valence-corrected chi connectivity index (χ0v) is 68.3. The standard InChI is InChI=1S/C78H134O44/c1-3-5-7-9-11-13-19-77(31-107-69-61(103)53(95)65(41(27-83)115-69)119-73-57(99)49(91)45(87)37(23-79)111-73,32-108-70-62(104)54(96)66(42(28-84)116-70)120-74-58(100)50(92)46(88)38(24-80)112-74)21-35-15-17-36(18-16-35)22-78(20-14-12-10-8-6-4-2,33-109-71-63(105)55(97)67(43(29-85)117-71)121-75-59(101)51(93)47(89)39(25-81)113-75)34-110-72-64(106)56(98)68(44(30-86)118-72)122-76-60(102)52(94)48(90)40(26-82)114-76/h15-18,37-76,79-106H,3-14,19-34H2,1-2H3/t37?,38?,39?,40?,41?,42?,43?,44?,45-,46-,47-,48-,49+,50+,51+,52+,53-,54-,55-,56-,57?,58?,59?,60?,61?,62?,63?,64?,65-,66-,67-,68-,69-,70-,71-,72-,73-,74-,75-,76-,77?,78?/m1/s1. The SMILES string of the molecule is CCCCCCCCC(CO[C@@H]1OC(CO)[C@@H](O[C@H]2OC(CO)[C@@H](O)[C@H](O)C2O)[C@H](O)C1O)(CO[C@@H]1OC(CO)[C@@H](O[C@H]2OC(CO)[C@@H](O)[C@H](O)C2O)[C@H](O)C1O)Cc1ccc(CC(CCCCCCCC)(CO[C@@H]2OC(CO)[C@@H](O[C@H]3OC(CO)[C@@H](O)[C@H](O)C3O)[C@H](O)C2O)CO[C@@H]2OC(CO)[C@@H](O[C@H]3OC(CO)[C@@H](O)[C@H](O)C3O)[C@H](O)C2O)cc1. The van der Waals surface area contributed by atoms with Crippen molar-refractivity contribution in [1.29, 1.82) is 0 Å². The molecule has 1 aromatic carbocycles. The molecular formula is C78H134O44. The minimum atomic E-state index is -2.05. The highest BCUT2D eigenvalue weighted by Crippen LogP contribution is 2.42. The van der Waals surface area contributed by atoms with Gasteiger partial charge < -0.3 is 219 Å². The lowest BCUT2D eigenvalue weighted by atomic mass is 9.76. The number of aliphatic hydroxyl groups excluding tert-OH is 28. The summed E-state index contributed by atoms with van der Waals surface area (Å²) in [5.41, 5.74) is -1.76. The van der Waals surface area contributed by atoms with Gasteiger partial charge in [-0.15, -0.1) is 0 Å². The van der Waals surface area contributed by atoms with Crippen molar-refractivity contribution in [1.82, 2.24) is 0 Å². The van der Waals surface area contributed by atoms with Gasteiger partial charge in [0.25, 0.3) is 0 Å². The van der Waals surface area contributed by atoms with Gasteiger partial charge in [0.1, 0.15) is 195 Å². The Balaban J connectivity index is 1.06. The second-order valence-corrected chi connectivity index (χ2v) is 33.5. The Hall–Kier alpha value is -2.54. The second-order valence-electron chi connectivity index (χ2n) is 33.5. The molecule has 0 spiro atoms. The summed E-state index contributed by atoms with van der Waals surface area (Å²) in [6, 6.07) is 6.88. The molecule has 0 aromatic heterocycles. The molecule has 122 heavy (non-hydrogen) atoms. The molecule has 0 amide bonds. The highest BCUT2D eigenvalue weighted by atomic mass is 16.8. The van der Waals surface area contributed by atoms with Gasteiger partial charge in [0.05, 0.1) is 79.3 Å². The molecule has 0 aliphatic carbocycles. The quantitative estimate of drug-likeness (QED) is 0.0270. The number of unbranched alkanes of at least 4 members (excludes halogenated alkanes) is 10. The minimum Gasteiger partial charge on any atom is -0.394 e. The van der Waals surface area contributed by atoms with Gasteiger partial charge in [-0.1, -0.05) is 115 Å². The molecule has 44 heteroatoms. The molecular weight excluding hydrogens is 1640 g/mol. The van der Waals surface area contributed by atoms with Gasteiger partial charge in [0.15, 0.2) is 50.3 Å². The van der Waals surface area contributed by atoms with E-state index in [1.165, 1.54) is 0 Å². The molecule has 8 aliphatic rings. The lowest BCUT2D eigenvalue weighted by molar-refractivity contribution is -0.365. The Morgan fingerprint density at radius 3 is 0.623 bits per heavy atom. The van der Waals surface area contributed by atoms with E-state index in [2.05, 4.69) is 0 Å². The van der Waals surface area contributed by atoms with Crippen molar-refractivity contribution in [3.05, 3.63) is 35.4 Å². The summed E-state index contributed by atoms with van der Waals surface area (Å²) in [5.74, 6) is 0. The van der Waals surface area contributed by atoms with Crippen LogP contribution in [-0.4, -0.2) is 468 Å². The van der Waals surface area contributed by atoms with Crippen LogP contribution in [0, 0.1) is 10.8 Å². The summed E-state index contributed by atoms with van der Waals surface area (Å²) in [6.07, 6.45) is -64.3. The smallest absolute Gasteiger partial charge is 0.187 e. The maximum absolute atomic E-state index is 11.9. The zero-order chi connectivity index (χ0) is 89.2. The van der Waals surface area contributed by atoms with E-state index in [1.807, 2.05) is 13.8 Å². The van der Waals surface area contributed by atoms with Crippen LogP contribution >= 0.6 is 0 Å². The highest BCUT2D eigenvalue weighted by Gasteiger charge is 2.58. The molecule has 0 bridgehead atoms. The molecule has 0 radical (unpaired) electrons. The lowest BCUT2D eigenvalue weighted by Crippen LogP contribution is -2.65. The maximum atomic E-state index is 11.9. The summed E-state index contributed by atoms with van der Waals surface area (Å²) in [6.45, 7) is -5.10. The Morgan fingerprint density at radius 1 is 0.230 bits per heavy atom. The van der Waals surface area contributed by atoms with Crippen LogP contribution in [0.15, 0.2) is 24.3 Å². The molecule has 1 aromatic rings. The van der Waals surface area contributed by atoms with Gasteiger partial charge >= 0.3 is 0 Å². The monoisotopic (exact) mass is 1770 g/mol. The Labute approximate surface area is 704 Å². The van der Waals surface area contributed by atoms with Crippen LogP contribution < -0.4 is 0 Å². The fourth-order valence-corrected chi connectivity index (χ4v) is 16.8. The Bertz CT molecular complexity index is 2730.